The van der Waals surface area contributed by atoms with E-state index in [4.69, 9.17) is 9.40 Å². The van der Waals surface area contributed by atoms with Gasteiger partial charge in [0.1, 0.15) is 11.7 Å². The molecule has 6 rings (SSSR count). The van der Waals surface area contributed by atoms with Crippen LogP contribution in [0.3, 0.4) is 0 Å². The first-order chi connectivity index (χ1) is 14.7. The van der Waals surface area contributed by atoms with Gasteiger partial charge >= 0.3 is 0 Å². The number of hydrogen-bond acceptors (Lipinski definition) is 4. The summed E-state index contributed by atoms with van der Waals surface area (Å²) in [7, 11) is 0. The van der Waals surface area contributed by atoms with Gasteiger partial charge in [-0.1, -0.05) is 48.5 Å². The lowest BCUT2D eigenvalue weighted by Crippen LogP contribution is -2.35. The summed E-state index contributed by atoms with van der Waals surface area (Å²) in [6.07, 6.45) is 1.91. The van der Waals surface area contributed by atoms with Crippen molar-refractivity contribution in [3.63, 3.8) is 0 Å². The molecule has 1 atom stereocenters. The second kappa shape index (κ2) is 6.36. The number of aryl methyl sites for hydroxylation is 1. The van der Waals surface area contributed by atoms with Gasteiger partial charge in [0.15, 0.2) is 11.4 Å². The summed E-state index contributed by atoms with van der Waals surface area (Å²) in [4.78, 5) is 9.39. The molecule has 146 valence electrons. The number of fused-ring (bicyclic) bond motifs is 4. The van der Waals surface area contributed by atoms with Crippen LogP contribution < -0.4 is 9.80 Å². The molecule has 30 heavy (non-hydrogen) atoms. The van der Waals surface area contributed by atoms with Crippen LogP contribution in [0.5, 0.6) is 0 Å². The third-order valence-electron chi connectivity index (χ3n) is 6.00. The largest absolute Gasteiger partial charge is 0.454 e. The van der Waals surface area contributed by atoms with Crippen molar-refractivity contribution in [1.29, 1.82) is 0 Å². The van der Waals surface area contributed by atoms with E-state index in [0.717, 1.165) is 44.8 Å². The second-order valence-electron chi connectivity index (χ2n) is 7.76. The number of furan rings is 1. The molecule has 0 amide bonds. The van der Waals surface area contributed by atoms with E-state index >= 15 is 0 Å². The summed E-state index contributed by atoms with van der Waals surface area (Å²) < 4.78 is 6.40. The molecule has 0 saturated heterocycles. The second-order valence-corrected chi connectivity index (χ2v) is 7.76. The standard InChI is InChI=1S/C26H21N3O/c1-17-14-15-21-20-11-6-7-13-23(20)30-25(21)24(17)29-18(2)28(19-9-4-3-5-10-19)26-22(29)12-8-16-27-26/h3-16,18H,1-2H3. The summed E-state index contributed by atoms with van der Waals surface area (Å²) in [5.74, 6) is 0.962. The fourth-order valence-electron chi connectivity index (χ4n) is 4.66. The van der Waals surface area contributed by atoms with Crippen LogP contribution in [-0.4, -0.2) is 11.1 Å². The Morgan fingerprint density at radius 1 is 0.800 bits per heavy atom. The number of aromatic nitrogens is 1. The predicted molar refractivity (Wildman–Crippen MR) is 123 cm³/mol. The van der Waals surface area contributed by atoms with Crippen molar-refractivity contribution in [3.8, 4) is 0 Å². The van der Waals surface area contributed by atoms with Crippen LogP contribution in [0.1, 0.15) is 12.5 Å². The minimum absolute atomic E-state index is 0.0508. The van der Waals surface area contributed by atoms with E-state index in [-0.39, 0.29) is 6.17 Å². The Morgan fingerprint density at radius 3 is 2.47 bits per heavy atom. The molecule has 0 saturated carbocycles. The zero-order chi connectivity index (χ0) is 20.2. The Kier molecular flexibility index (Phi) is 3.62. The minimum Gasteiger partial charge on any atom is -0.454 e. The van der Waals surface area contributed by atoms with Crippen LogP contribution in [0.15, 0.2) is 89.5 Å². The Balaban J connectivity index is 1.63. The number of hydrogen-bond donors (Lipinski definition) is 0. The molecule has 0 aliphatic carbocycles. The lowest BCUT2D eigenvalue weighted by Gasteiger charge is -2.30. The molecule has 0 radical (unpaired) electrons. The van der Waals surface area contributed by atoms with E-state index in [1.165, 1.54) is 5.56 Å². The van der Waals surface area contributed by atoms with Crippen LogP contribution in [0, 0.1) is 6.92 Å². The predicted octanol–water partition coefficient (Wildman–Crippen LogP) is 6.93. The topological polar surface area (TPSA) is 32.5 Å². The molecule has 0 spiro atoms. The summed E-state index contributed by atoms with van der Waals surface area (Å²) in [6, 6.07) is 27.2. The maximum Gasteiger partial charge on any atom is 0.159 e. The van der Waals surface area contributed by atoms with Gasteiger partial charge < -0.3 is 14.2 Å². The molecule has 4 nitrogen and oxygen atoms in total. The van der Waals surface area contributed by atoms with Crippen molar-refractivity contribution in [1.82, 2.24) is 4.98 Å². The van der Waals surface area contributed by atoms with Gasteiger partial charge in [0.2, 0.25) is 0 Å². The first-order valence-electron chi connectivity index (χ1n) is 10.2. The van der Waals surface area contributed by atoms with Gasteiger partial charge in [0.05, 0.1) is 11.4 Å². The molecular weight excluding hydrogens is 370 g/mol. The summed E-state index contributed by atoms with van der Waals surface area (Å²) in [6.45, 7) is 4.37. The van der Waals surface area contributed by atoms with Crippen LogP contribution in [0.2, 0.25) is 0 Å². The highest BCUT2D eigenvalue weighted by molar-refractivity contribution is 6.10. The Bertz CT molecular complexity index is 1390. The smallest absolute Gasteiger partial charge is 0.159 e. The number of nitrogens with zero attached hydrogens (tertiary/aromatic N) is 3. The minimum atomic E-state index is 0.0508. The Hall–Kier alpha value is -3.79. The van der Waals surface area contributed by atoms with E-state index in [1.807, 2.05) is 30.5 Å². The van der Waals surface area contributed by atoms with E-state index in [0.29, 0.717) is 0 Å². The Labute approximate surface area is 175 Å². The zero-order valence-electron chi connectivity index (χ0n) is 16.9. The third-order valence-corrected chi connectivity index (χ3v) is 6.00. The van der Waals surface area contributed by atoms with Crippen molar-refractivity contribution in [2.24, 2.45) is 0 Å². The van der Waals surface area contributed by atoms with Gasteiger partial charge in [-0.05, 0) is 49.7 Å². The number of pyridine rings is 1. The highest BCUT2D eigenvalue weighted by Crippen LogP contribution is 2.49. The summed E-state index contributed by atoms with van der Waals surface area (Å²) >= 11 is 0. The quantitative estimate of drug-likeness (QED) is 0.327. The number of benzene rings is 3. The molecule has 0 fully saturated rings. The van der Waals surface area contributed by atoms with Gasteiger partial charge in [0, 0.05) is 22.7 Å². The first kappa shape index (κ1) is 17.1. The number of rotatable bonds is 2. The van der Waals surface area contributed by atoms with Crippen molar-refractivity contribution < 1.29 is 4.42 Å². The molecule has 1 aliphatic heterocycles. The van der Waals surface area contributed by atoms with Gasteiger partial charge in [-0.25, -0.2) is 4.98 Å². The van der Waals surface area contributed by atoms with Crippen molar-refractivity contribution in [2.75, 3.05) is 9.80 Å². The molecule has 2 aromatic heterocycles. The first-order valence-corrected chi connectivity index (χ1v) is 10.2. The fourth-order valence-corrected chi connectivity index (χ4v) is 4.66. The van der Waals surface area contributed by atoms with E-state index < -0.39 is 0 Å². The average molecular weight is 391 g/mol. The fraction of sp³-hybridized carbons (Fsp3) is 0.115. The van der Waals surface area contributed by atoms with Gasteiger partial charge in [0.25, 0.3) is 0 Å². The van der Waals surface area contributed by atoms with Crippen LogP contribution in [0.25, 0.3) is 21.9 Å². The molecule has 1 aliphatic rings. The lowest BCUT2D eigenvalue weighted by atomic mass is 10.1. The molecule has 0 bridgehead atoms. The molecule has 3 heterocycles. The molecule has 4 heteroatoms. The summed E-state index contributed by atoms with van der Waals surface area (Å²) in [5.41, 5.74) is 6.33. The molecule has 3 aromatic carbocycles. The van der Waals surface area contributed by atoms with Crippen LogP contribution in [0.4, 0.5) is 22.9 Å². The molecule has 1 unspecified atom stereocenters. The van der Waals surface area contributed by atoms with E-state index in [1.54, 1.807) is 0 Å². The highest BCUT2D eigenvalue weighted by Gasteiger charge is 2.37. The highest BCUT2D eigenvalue weighted by atomic mass is 16.3. The van der Waals surface area contributed by atoms with Gasteiger partial charge in [-0.2, -0.15) is 0 Å². The zero-order valence-corrected chi connectivity index (χ0v) is 16.9. The molecular formula is C26H21N3O. The summed E-state index contributed by atoms with van der Waals surface area (Å²) in [5, 5.41) is 2.29. The monoisotopic (exact) mass is 391 g/mol. The van der Waals surface area contributed by atoms with E-state index in [2.05, 4.69) is 78.2 Å². The van der Waals surface area contributed by atoms with Gasteiger partial charge in [-0.3, -0.25) is 0 Å². The maximum atomic E-state index is 6.40. The SMILES string of the molecule is Cc1ccc2c(oc3ccccc32)c1N1c2cccnc2N(c2ccccc2)C1C. The molecule has 5 aromatic rings. The maximum absolute atomic E-state index is 6.40. The number of anilines is 4. The average Bonchev–Trinajstić information content (AvgIpc) is 3.29. The van der Waals surface area contributed by atoms with Crippen LogP contribution >= 0.6 is 0 Å². The lowest BCUT2D eigenvalue weighted by molar-refractivity contribution is 0.663. The Morgan fingerprint density at radius 2 is 1.60 bits per heavy atom. The third kappa shape index (κ3) is 2.31. The normalized spacial score (nSPS) is 15.9. The van der Waals surface area contributed by atoms with Crippen molar-refractivity contribution in [3.05, 3.63) is 90.6 Å². The number of para-hydroxylation sites is 2. The van der Waals surface area contributed by atoms with E-state index in [9.17, 15) is 0 Å². The van der Waals surface area contributed by atoms with Gasteiger partial charge in [-0.15, -0.1) is 0 Å². The van der Waals surface area contributed by atoms with Crippen molar-refractivity contribution in [2.45, 2.75) is 20.0 Å². The van der Waals surface area contributed by atoms with Crippen molar-refractivity contribution >= 4 is 44.8 Å². The molecule has 0 N–H and O–H groups in total. The van der Waals surface area contributed by atoms with Crippen LogP contribution in [-0.2, 0) is 0 Å².